The van der Waals surface area contributed by atoms with E-state index in [4.69, 9.17) is 10.5 Å². The third-order valence-electron chi connectivity index (χ3n) is 5.65. The predicted octanol–water partition coefficient (Wildman–Crippen LogP) is 5.01. The number of phenolic OH excluding ortho intramolecular Hbond substituents is 2. The van der Waals surface area contributed by atoms with Gasteiger partial charge in [0.25, 0.3) is 0 Å². The molecule has 5 nitrogen and oxygen atoms in total. The largest absolute Gasteiger partial charge is 0.504 e. The number of aryl methyl sites for hydroxylation is 1. The molecule has 1 aliphatic rings. The molecule has 0 heterocycles. The van der Waals surface area contributed by atoms with Crippen LogP contribution in [0.5, 0.6) is 11.5 Å². The van der Waals surface area contributed by atoms with Gasteiger partial charge < -0.3 is 25.8 Å². The molecule has 0 saturated heterocycles. The number of fused-ring (bicyclic) bond motifs is 1. The average molecular weight is 430 g/mol. The lowest BCUT2D eigenvalue weighted by Crippen LogP contribution is -2.08. The van der Waals surface area contributed by atoms with Crippen LogP contribution in [0.25, 0.3) is 0 Å². The van der Waals surface area contributed by atoms with Gasteiger partial charge in [-0.3, -0.25) is 0 Å². The van der Waals surface area contributed by atoms with Crippen molar-refractivity contribution >= 4 is 0 Å². The number of aromatic hydroxyl groups is 2. The maximum Gasteiger partial charge on any atom is 0.161 e. The molecular formula is C26H39NO4. The highest BCUT2D eigenvalue weighted by Crippen LogP contribution is 2.39. The van der Waals surface area contributed by atoms with Crippen LogP contribution in [0.4, 0.5) is 0 Å². The van der Waals surface area contributed by atoms with Crippen molar-refractivity contribution < 1.29 is 20.1 Å². The molecule has 1 atom stereocenters. The topological polar surface area (TPSA) is 95.9 Å². The van der Waals surface area contributed by atoms with Crippen LogP contribution in [0.15, 0.2) is 42.5 Å². The Balaban J connectivity index is 0.000000231. The van der Waals surface area contributed by atoms with Crippen molar-refractivity contribution in [1.29, 1.82) is 0 Å². The fourth-order valence-corrected chi connectivity index (χ4v) is 3.82. The molecule has 172 valence electrons. The van der Waals surface area contributed by atoms with Crippen molar-refractivity contribution in [3.63, 3.8) is 0 Å². The number of nitrogens with two attached hydrogens (primary N) is 1. The summed E-state index contributed by atoms with van der Waals surface area (Å²) in [4.78, 5) is 0. The summed E-state index contributed by atoms with van der Waals surface area (Å²) in [5, 5.41) is 28.3. The molecule has 5 N–H and O–H groups in total. The number of hydrogen-bond donors (Lipinski definition) is 4. The standard InChI is InChI=1S/C16H27NO.C10H12O3/c17-13-7-1-2-8-14-18-15-9-6-12-16-10-4-3-5-11-16;11-8-3-1-2-7-6(8)4-5-9(12)10(7)13/h3-5,10-11H,1-2,6-9,12-15,17H2;4-5,8,11-13H,1-3H2. The number of aliphatic hydroxyl groups is 1. The van der Waals surface area contributed by atoms with Crippen molar-refractivity contribution in [1.82, 2.24) is 0 Å². The Bertz CT molecular complexity index is 736. The monoisotopic (exact) mass is 429 g/mol. The summed E-state index contributed by atoms with van der Waals surface area (Å²) in [6.45, 7) is 2.64. The van der Waals surface area contributed by atoms with E-state index in [1.54, 1.807) is 6.07 Å². The van der Waals surface area contributed by atoms with E-state index in [0.29, 0.717) is 5.56 Å². The Morgan fingerprint density at radius 3 is 2.32 bits per heavy atom. The Labute approximate surface area is 186 Å². The molecular weight excluding hydrogens is 390 g/mol. The van der Waals surface area contributed by atoms with E-state index in [2.05, 4.69) is 30.3 Å². The second-order valence-electron chi connectivity index (χ2n) is 8.17. The normalized spacial score (nSPS) is 15.1. The summed E-state index contributed by atoms with van der Waals surface area (Å²) in [6, 6.07) is 13.8. The van der Waals surface area contributed by atoms with Gasteiger partial charge in [0, 0.05) is 18.8 Å². The summed E-state index contributed by atoms with van der Waals surface area (Å²) in [5.41, 5.74) is 8.32. The molecule has 1 unspecified atom stereocenters. The number of phenols is 2. The smallest absolute Gasteiger partial charge is 0.161 e. The molecule has 1 aliphatic carbocycles. The fourth-order valence-electron chi connectivity index (χ4n) is 3.82. The Kier molecular flexibility index (Phi) is 12.1. The molecule has 0 radical (unpaired) electrons. The van der Waals surface area contributed by atoms with Gasteiger partial charge in [0.05, 0.1) is 6.10 Å². The summed E-state index contributed by atoms with van der Waals surface area (Å²) in [5.74, 6) is -0.177. The van der Waals surface area contributed by atoms with E-state index in [-0.39, 0.29) is 11.5 Å². The van der Waals surface area contributed by atoms with E-state index in [0.717, 1.165) is 57.4 Å². The van der Waals surface area contributed by atoms with Gasteiger partial charge in [-0.05, 0) is 75.1 Å². The van der Waals surface area contributed by atoms with Gasteiger partial charge in [-0.2, -0.15) is 0 Å². The fraction of sp³-hybridized carbons (Fsp3) is 0.538. The van der Waals surface area contributed by atoms with Crippen molar-refractivity contribution in [2.24, 2.45) is 5.73 Å². The van der Waals surface area contributed by atoms with Gasteiger partial charge in [-0.1, -0.05) is 49.2 Å². The van der Waals surface area contributed by atoms with Crippen LogP contribution >= 0.6 is 0 Å². The minimum atomic E-state index is -0.491. The number of hydrogen-bond acceptors (Lipinski definition) is 5. The number of ether oxygens (including phenoxy) is 1. The molecule has 5 heteroatoms. The first kappa shape index (κ1) is 25.2. The third kappa shape index (κ3) is 9.30. The summed E-state index contributed by atoms with van der Waals surface area (Å²) in [6.07, 6.45) is 10.2. The van der Waals surface area contributed by atoms with Crippen LogP contribution in [0.1, 0.15) is 74.2 Å². The van der Waals surface area contributed by atoms with E-state index in [1.807, 2.05) is 0 Å². The van der Waals surface area contributed by atoms with Gasteiger partial charge >= 0.3 is 0 Å². The molecule has 3 rings (SSSR count). The van der Waals surface area contributed by atoms with Crippen molar-refractivity contribution in [3.8, 4) is 11.5 Å². The van der Waals surface area contributed by atoms with Crippen LogP contribution in [0.2, 0.25) is 0 Å². The number of unbranched alkanes of at least 4 members (excludes halogenated alkanes) is 4. The Hall–Kier alpha value is -2.08. The summed E-state index contributed by atoms with van der Waals surface area (Å²) >= 11 is 0. The first-order valence-corrected chi connectivity index (χ1v) is 11.7. The van der Waals surface area contributed by atoms with Gasteiger partial charge in [0.2, 0.25) is 0 Å². The van der Waals surface area contributed by atoms with E-state index < -0.39 is 6.10 Å². The van der Waals surface area contributed by atoms with Crippen LogP contribution in [-0.4, -0.2) is 35.1 Å². The molecule has 31 heavy (non-hydrogen) atoms. The van der Waals surface area contributed by atoms with Crippen LogP contribution < -0.4 is 5.73 Å². The summed E-state index contributed by atoms with van der Waals surface area (Å²) in [7, 11) is 0. The molecule has 0 aromatic heterocycles. The predicted molar refractivity (Wildman–Crippen MR) is 125 cm³/mol. The average Bonchev–Trinajstić information content (AvgIpc) is 2.79. The van der Waals surface area contributed by atoms with Crippen LogP contribution in [0.3, 0.4) is 0 Å². The molecule has 2 aromatic rings. The lowest BCUT2D eigenvalue weighted by atomic mass is 9.88. The lowest BCUT2D eigenvalue weighted by Gasteiger charge is -2.22. The van der Waals surface area contributed by atoms with Gasteiger partial charge in [0.15, 0.2) is 11.5 Å². The summed E-state index contributed by atoms with van der Waals surface area (Å²) < 4.78 is 5.62. The second-order valence-corrected chi connectivity index (χ2v) is 8.17. The highest BCUT2D eigenvalue weighted by atomic mass is 16.5. The van der Waals surface area contributed by atoms with Gasteiger partial charge in [-0.25, -0.2) is 0 Å². The number of aliphatic hydroxyl groups excluding tert-OH is 1. The van der Waals surface area contributed by atoms with Gasteiger partial charge in [0.1, 0.15) is 0 Å². The zero-order chi connectivity index (χ0) is 22.3. The number of benzene rings is 2. The van der Waals surface area contributed by atoms with E-state index in [9.17, 15) is 15.3 Å². The zero-order valence-corrected chi connectivity index (χ0v) is 18.6. The van der Waals surface area contributed by atoms with E-state index >= 15 is 0 Å². The van der Waals surface area contributed by atoms with Crippen LogP contribution in [0, 0.1) is 0 Å². The number of rotatable bonds is 11. The minimum Gasteiger partial charge on any atom is -0.504 e. The maximum atomic E-state index is 9.58. The van der Waals surface area contributed by atoms with Crippen molar-refractivity contribution in [2.45, 2.75) is 70.3 Å². The minimum absolute atomic E-state index is 0.0729. The highest BCUT2D eigenvalue weighted by molar-refractivity contribution is 5.50. The van der Waals surface area contributed by atoms with E-state index in [1.165, 1.54) is 43.7 Å². The second kappa shape index (κ2) is 14.8. The first-order chi connectivity index (χ1) is 15.1. The van der Waals surface area contributed by atoms with Crippen LogP contribution in [-0.2, 0) is 17.6 Å². The Morgan fingerprint density at radius 2 is 1.58 bits per heavy atom. The molecule has 0 aliphatic heterocycles. The molecule has 0 fully saturated rings. The molecule has 0 saturated carbocycles. The quantitative estimate of drug-likeness (QED) is 0.297. The first-order valence-electron chi connectivity index (χ1n) is 11.7. The van der Waals surface area contributed by atoms with Crippen molar-refractivity contribution in [2.75, 3.05) is 19.8 Å². The highest BCUT2D eigenvalue weighted by Gasteiger charge is 2.21. The molecule has 0 bridgehead atoms. The maximum absolute atomic E-state index is 9.58. The SMILES string of the molecule is NCCCCCCOCCCCc1ccccc1.Oc1ccc2c(c1O)CCCC2O. The third-order valence-corrected chi connectivity index (χ3v) is 5.65. The van der Waals surface area contributed by atoms with Gasteiger partial charge in [-0.15, -0.1) is 0 Å². The molecule has 0 amide bonds. The Morgan fingerprint density at radius 1 is 0.871 bits per heavy atom. The van der Waals surface area contributed by atoms with Crippen molar-refractivity contribution in [3.05, 3.63) is 59.2 Å². The lowest BCUT2D eigenvalue weighted by molar-refractivity contribution is 0.126. The molecule has 2 aromatic carbocycles. The molecule has 0 spiro atoms. The zero-order valence-electron chi connectivity index (χ0n) is 18.6.